The Morgan fingerprint density at radius 1 is 0.553 bits per heavy atom. The van der Waals surface area contributed by atoms with Crippen LogP contribution in [-0.2, 0) is 9.53 Å². The van der Waals surface area contributed by atoms with Crippen LogP contribution < -0.4 is 0 Å². The zero-order valence-corrected chi connectivity index (χ0v) is 31.9. The second kappa shape index (κ2) is 38.7. The number of hydrogen-bond acceptors (Lipinski definition) is 5. The minimum atomic E-state index is 0.00464. The SMILES string of the molecule is CCCCCC/C=C\CN=CCCCCCCCC(CCCCCCCC=NC/C=C\CCCCCC)OC(=O)CCCCN(C)C. The molecule has 0 N–H and O–H groups in total. The Hall–Kier alpha value is -1.75. The quantitative estimate of drug-likeness (QED) is 0.0291. The summed E-state index contributed by atoms with van der Waals surface area (Å²) in [6, 6.07) is 0. The minimum absolute atomic E-state index is 0.00464. The van der Waals surface area contributed by atoms with Crippen molar-refractivity contribution in [2.45, 2.75) is 193 Å². The molecule has 0 aliphatic carbocycles. The summed E-state index contributed by atoms with van der Waals surface area (Å²) in [5.41, 5.74) is 0. The molecule has 5 heteroatoms. The molecule has 0 aromatic carbocycles. The number of unbranched alkanes of at least 4 members (excludes halogenated alkanes) is 19. The predicted molar refractivity (Wildman–Crippen MR) is 209 cm³/mol. The van der Waals surface area contributed by atoms with Crippen LogP contribution in [0.3, 0.4) is 0 Å². The van der Waals surface area contributed by atoms with Crippen molar-refractivity contribution >= 4 is 18.4 Å². The summed E-state index contributed by atoms with van der Waals surface area (Å²) in [6.07, 6.45) is 45.3. The molecule has 0 saturated heterocycles. The van der Waals surface area contributed by atoms with E-state index in [1.807, 2.05) is 0 Å². The molecule has 0 saturated carbocycles. The van der Waals surface area contributed by atoms with Gasteiger partial charge in [0, 0.05) is 6.42 Å². The van der Waals surface area contributed by atoms with E-state index in [4.69, 9.17) is 4.74 Å². The molecule has 274 valence electrons. The molecule has 0 unspecified atom stereocenters. The Morgan fingerprint density at radius 2 is 1.00 bits per heavy atom. The van der Waals surface area contributed by atoms with E-state index in [-0.39, 0.29) is 12.1 Å². The first-order valence-corrected chi connectivity index (χ1v) is 20.2. The fraction of sp³-hybridized carbons (Fsp3) is 0.833. The van der Waals surface area contributed by atoms with Crippen LogP contribution in [0.25, 0.3) is 0 Å². The maximum atomic E-state index is 12.6. The van der Waals surface area contributed by atoms with E-state index in [1.54, 1.807) is 0 Å². The molecule has 0 aromatic heterocycles. The molecule has 0 aliphatic rings. The molecular weight excluding hydrogens is 578 g/mol. The second-order valence-electron chi connectivity index (χ2n) is 13.8. The van der Waals surface area contributed by atoms with E-state index in [9.17, 15) is 4.79 Å². The van der Waals surface area contributed by atoms with Crippen molar-refractivity contribution in [3.63, 3.8) is 0 Å². The van der Waals surface area contributed by atoms with Gasteiger partial charge in [0.2, 0.25) is 0 Å². The van der Waals surface area contributed by atoms with Gasteiger partial charge in [0.1, 0.15) is 6.10 Å². The lowest BCUT2D eigenvalue weighted by molar-refractivity contribution is -0.150. The van der Waals surface area contributed by atoms with Crippen LogP contribution in [0.4, 0.5) is 0 Å². The summed E-state index contributed by atoms with van der Waals surface area (Å²) >= 11 is 0. The number of hydrogen-bond donors (Lipinski definition) is 0. The summed E-state index contributed by atoms with van der Waals surface area (Å²) in [7, 11) is 4.17. The first-order chi connectivity index (χ1) is 23.1. The molecule has 0 heterocycles. The molecule has 0 radical (unpaired) electrons. The highest BCUT2D eigenvalue weighted by Gasteiger charge is 2.14. The molecule has 0 aliphatic heterocycles. The highest BCUT2D eigenvalue weighted by Crippen LogP contribution is 2.18. The largest absolute Gasteiger partial charge is 0.462 e. The molecule has 0 atom stereocenters. The fourth-order valence-corrected chi connectivity index (χ4v) is 5.70. The molecule has 47 heavy (non-hydrogen) atoms. The van der Waals surface area contributed by atoms with Crippen LogP contribution in [-0.4, -0.2) is 63.1 Å². The average Bonchev–Trinajstić information content (AvgIpc) is 3.06. The van der Waals surface area contributed by atoms with Crippen molar-refractivity contribution in [3.8, 4) is 0 Å². The first kappa shape index (κ1) is 45.2. The van der Waals surface area contributed by atoms with Gasteiger partial charge >= 0.3 is 5.97 Å². The van der Waals surface area contributed by atoms with E-state index in [2.05, 4.69) is 79.6 Å². The van der Waals surface area contributed by atoms with Crippen molar-refractivity contribution in [1.82, 2.24) is 4.90 Å². The van der Waals surface area contributed by atoms with Crippen LogP contribution >= 0.6 is 0 Å². The van der Waals surface area contributed by atoms with Gasteiger partial charge in [-0.3, -0.25) is 14.8 Å². The molecule has 0 bridgehead atoms. The van der Waals surface area contributed by atoms with Crippen LogP contribution in [0.2, 0.25) is 0 Å². The number of ether oxygens (including phenoxy) is 1. The zero-order valence-electron chi connectivity index (χ0n) is 31.9. The van der Waals surface area contributed by atoms with Gasteiger partial charge in [-0.2, -0.15) is 0 Å². The number of carbonyl (C=O) groups excluding carboxylic acids is 1. The Labute approximate surface area is 293 Å². The smallest absolute Gasteiger partial charge is 0.306 e. The molecule has 0 amide bonds. The maximum Gasteiger partial charge on any atom is 0.306 e. The molecule has 0 rings (SSSR count). The van der Waals surface area contributed by atoms with Gasteiger partial charge in [-0.25, -0.2) is 0 Å². The Balaban J connectivity index is 4.08. The van der Waals surface area contributed by atoms with E-state index in [0.717, 1.165) is 71.0 Å². The maximum absolute atomic E-state index is 12.6. The van der Waals surface area contributed by atoms with Crippen molar-refractivity contribution in [1.29, 1.82) is 0 Å². The van der Waals surface area contributed by atoms with Crippen LogP contribution in [0, 0.1) is 0 Å². The highest BCUT2D eigenvalue weighted by atomic mass is 16.5. The minimum Gasteiger partial charge on any atom is -0.462 e. The average molecular weight is 658 g/mol. The van der Waals surface area contributed by atoms with Gasteiger partial charge in [0.25, 0.3) is 0 Å². The monoisotopic (exact) mass is 658 g/mol. The number of nitrogens with zero attached hydrogens (tertiary/aromatic N) is 3. The van der Waals surface area contributed by atoms with Gasteiger partial charge in [0.05, 0.1) is 13.1 Å². The standard InChI is InChI=1S/C42H79N3O2/c1-5-7-9-11-15-21-28-36-43-38-30-23-17-13-19-25-33-41(47-42(46)35-27-32-40-45(3)4)34-26-20-14-18-24-31-39-44-37-29-22-16-12-10-8-6-2/h21-22,28-29,38-39,41H,5-20,23-27,30-37,40H2,1-4H3/b28-21-,29-22-,43-38?,44-39?. The second-order valence-corrected chi connectivity index (χ2v) is 13.8. The first-order valence-electron chi connectivity index (χ1n) is 20.2. The predicted octanol–water partition coefficient (Wildman–Crippen LogP) is 12.3. The summed E-state index contributed by atoms with van der Waals surface area (Å²) in [6.45, 7) is 7.20. The zero-order chi connectivity index (χ0) is 34.3. The Kier molecular flexibility index (Phi) is 37.3. The van der Waals surface area contributed by atoms with Crippen LogP contribution in [0.15, 0.2) is 34.3 Å². The normalized spacial score (nSPS) is 13.0. The molecule has 0 spiro atoms. The molecule has 0 aromatic rings. The van der Waals surface area contributed by atoms with Gasteiger partial charge in [0.15, 0.2) is 0 Å². The van der Waals surface area contributed by atoms with Gasteiger partial charge in [-0.05, 0) is 123 Å². The number of rotatable bonds is 36. The number of allylic oxidation sites excluding steroid dienone is 2. The molecular formula is C42H79N3O2. The van der Waals surface area contributed by atoms with Crippen molar-refractivity contribution < 1.29 is 9.53 Å². The van der Waals surface area contributed by atoms with E-state index < -0.39 is 0 Å². The van der Waals surface area contributed by atoms with Crippen LogP contribution in [0.5, 0.6) is 0 Å². The van der Waals surface area contributed by atoms with Gasteiger partial charge < -0.3 is 9.64 Å². The highest BCUT2D eigenvalue weighted by molar-refractivity contribution is 5.69. The van der Waals surface area contributed by atoms with Gasteiger partial charge in [-0.1, -0.05) is 115 Å². The fourth-order valence-electron chi connectivity index (χ4n) is 5.70. The number of aliphatic imine (C=N–C) groups is 2. The Morgan fingerprint density at radius 3 is 1.49 bits per heavy atom. The lowest BCUT2D eigenvalue weighted by atomic mass is 10.0. The third-order valence-corrected chi connectivity index (χ3v) is 8.71. The third-order valence-electron chi connectivity index (χ3n) is 8.71. The molecule has 0 fully saturated rings. The van der Waals surface area contributed by atoms with Crippen LogP contribution in [0.1, 0.15) is 187 Å². The number of carbonyl (C=O) groups is 1. The van der Waals surface area contributed by atoms with E-state index >= 15 is 0 Å². The molecule has 5 nitrogen and oxygen atoms in total. The summed E-state index contributed by atoms with van der Waals surface area (Å²) in [5, 5.41) is 0. The van der Waals surface area contributed by atoms with Crippen molar-refractivity contribution in [2.24, 2.45) is 9.98 Å². The summed E-state index contributed by atoms with van der Waals surface area (Å²) in [4.78, 5) is 23.8. The van der Waals surface area contributed by atoms with Crippen molar-refractivity contribution in [3.05, 3.63) is 24.3 Å². The lowest BCUT2D eigenvalue weighted by Crippen LogP contribution is -2.19. The summed E-state index contributed by atoms with van der Waals surface area (Å²) < 4.78 is 6.01. The topological polar surface area (TPSA) is 54.3 Å². The van der Waals surface area contributed by atoms with E-state index in [0.29, 0.717) is 6.42 Å². The van der Waals surface area contributed by atoms with E-state index in [1.165, 1.54) is 116 Å². The number of esters is 1. The third kappa shape index (κ3) is 38.6. The Bertz CT molecular complexity index is 711. The van der Waals surface area contributed by atoms with Crippen molar-refractivity contribution in [2.75, 3.05) is 33.7 Å². The van der Waals surface area contributed by atoms with Gasteiger partial charge in [-0.15, -0.1) is 0 Å². The summed E-state index contributed by atoms with van der Waals surface area (Å²) in [5.74, 6) is 0.00464. The lowest BCUT2D eigenvalue weighted by Gasteiger charge is -2.18.